The molecule has 2 N–H and O–H groups in total. The topological polar surface area (TPSA) is 78.5 Å². The van der Waals surface area contributed by atoms with Crippen molar-refractivity contribution < 1.29 is 14.4 Å². The van der Waals surface area contributed by atoms with Crippen molar-refractivity contribution in [1.82, 2.24) is 5.32 Å². The van der Waals surface area contributed by atoms with Gasteiger partial charge in [0.1, 0.15) is 5.54 Å². The van der Waals surface area contributed by atoms with E-state index in [0.29, 0.717) is 11.4 Å². The maximum Gasteiger partial charge on any atom is 0.250 e. The summed E-state index contributed by atoms with van der Waals surface area (Å²) in [5.41, 5.74) is 0.729. The van der Waals surface area contributed by atoms with Gasteiger partial charge in [-0.3, -0.25) is 19.7 Å². The molecule has 3 aliphatic rings. The van der Waals surface area contributed by atoms with Crippen LogP contribution in [0.25, 0.3) is 0 Å². The van der Waals surface area contributed by atoms with Crippen molar-refractivity contribution in [3.05, 3.63) is 58.6 Å². The summed E-state index contributed by atoms with van der Waals surface area (Å²) in [7, 11) is 0. The average Bonchev–Trinajstić information content (AvgIpc) is 3.28. The Balaban J connectivity index is 1.68. The summed E-state index contributed by atoms with van der Waals surface area (Å²) in [6.07, 6.45) is 0. The SMILES string of the molecule is CC(C)[C@@H]1N[C@]2(C(=O)Nc3ccccc32)[C@H]2C(=O)N(c3ccc(Br)cc3)C(=O)[C@@H]12. The summed E-state index contributed by atoms with van der Waals surface area (Å²) in [6, 6.07) is 14.2. The lowest BCUT2D eigenvalue weighted by Gasteiger charge is -2.30. The van der Waals surface area contributed by atoms with Gasteiger partial charge in [-0.25, -0.2) is 4.90 Å². The molecule has 2 fully saturated rings. The summed E-state index contributed by atoms with van der Waals surface area (Å²) in [5.74, 6) is -2.15. The Hall–Kier alpha value is -2.51. The summed E-state index contributed by atoms with van der Waals surface area (Å²) in [4.78, 5) is 41.6. The van der Waals surface area contributed by atoms with Gasteiger partial charge in [0, 0.05) is 21.8 Å². The Labute approximate surface area is 176 Å². The molecule has 0 radical (unpaired) electrons. The number of para-hydroxylation sites is 1. The van der Waals surface area contributed by atoms with Crippen molar-refractivity contribution in [2.45, 2.75) is 25.4 Å². The number of imide groups is 1. The van der Waals surface area contributed by atoms with Crippen molar-refractivity contribution in [3.63, 3.8) is 0 Å². The van der Waals surface area contributed by atoms with Crippen LogP contribution in [0.4, 0.5) is 11.4 Å². The van der Waals surface area contributed by atoms with Crippen LogP contribution in [0.3, 0.4) is 0 Å². The van der Waals surface area contributed by atoms with Gasteiger partial charge in [0.15, 0.2) is 0 Å². The Morgan fingerprint density at radius 2 is 1.69 bits per heavy atom. The van der Waals surface area contributed by atoms with Gasteiger partial charge < -0.3 is 5.32 Å². The molecule has 148 valence electrons. The third-order valence-corrected chi connectivity index (χ3v) is 6.89. The van der Waals surface area contributed by atoms with Crippen LogP contribution in [0.5, 0.6) is 0 Å². The maximum atomic E-state index is 13.6. The number of benzene rings is 2. The van der Waals surface area contributed by atoms with Crippen LogP contribution in [0, 0.1) is 17.8 Å². The third-order valence-electron chi connectivity index (χ3n) is 6.36. The molecule has 7 heteroatoms. The highest BCUT2D eigenvalue weighted by atomic mass is 79.9. The first kappa shape index (κ1) is 18.5. The Morgan fingerprint density at radius 1 is 1.00 bits per heavy atom. The van der Waals surface area contributed by atoms with Crippen LogP contribution in [-0.4, -0.2) is 23.8 Å². The van der Waals surface area contributed by atoms with E-state index < -0.39 is 17.4 Å². The molecule has 0 saturated carbocycles. The lowest BCUT2D eigenvalue weighted by molar-refractivity contribution is -0.130. The largest absolute Gasteiger partial charge is 0.324 e. The van der Waals surface area contributed by atoms with Gasteiger partial charge in [0.25, 0.3) is 0 Å². The maximum absolute atomic E-state index is 13.6. The van der Waals surface area contributed by atoms with Gasteiger partial charge in [0.2, 0.25) is 17.7 Å². The molecular formula is C22H20BrN3O3. The lowest BCUT2D eigenvalue weighted by atomic mass is 9.76. The van der Waals surface area contributed by atoms with Gasteiger partial charge in [-0.05, 0) is 36.2 Å². The molecule has 0 aliphatic carbocycles. The zero-order valence-electron chi connectivity index (χ0n) is 16.0. The molecular weight excluding hydrogens is 434 g/mol. The monoisotopic (exact) mass is 453 g/mol. The van der Waals surface area contributed by atoms with Crippen molar-refractivity contribution in [1.29, 1.82) is 0 Å². The van der Waals surface area contributed by atoms with Gasteiger partial charge in [-0.1, -0.05) is 48.0 Å². The minimum absolute atomic E-state index is 0.0732. The van der Waals surface area contributed by atoms with E-state index in [9.17, 15) is 14.4 Å². The van der Waals surface area contributed by atoms with E-state index in [1.807, 2.05) is 38.1 Å². The van der Waals surface area contributed by atoms with Gasteiger partial charge >= 0.3 is 0 Å². The highest BCUT2D eigenvalue weighted by Crippen LogP contribution is 2.54. The second kappa shape index (κ2) is 6.24. The predicted octanol–water partition coefficient (Wildman–Crippen LogP) is 3.03. The van der Waals surface area contributed by atoms with E-state index in [2.05, 4.69) is 26.6 Å². The molecule has 2 saturated heterocycles. The Kier molecular flexibility index (Phi) is 3.98. The third kappa shape index (κ3) is 2.34. The number of carbonyl (C=O) groups excluding carboxylic acids is 3. The van der Waals surface area contributed by atoms with Crippen LogP contribution in [0.1, 0.15) is 19.4 Å². The minimum atomic E-state index is -1.23. The minimum Gasteiger partial charge on any atom is -0.324 e. The van der Waals surface area contributed by atoms with Gasteiger partial charge in [-0.2, -0.15) is 0 Å². The average molecular weight is 454 g/mol. The molecule has 0 unspecified atom stereocenters. The molecule has 5 rings (SSSR count). The van der Waals surface area contributed by atoms with Crippen molar-refractivity contribution >= 4 is 45.0 Å². The zero-order valence-corrected chi connectivity index (χ0v) is 17.6. The molecule has 3 aliphatic heterocycles. The number of anilines is 2. The molecule has 0 bridgehead atoms. The Morgan fingerprint density at radius 3 is 2.38 bits per heavy atom. The number of fused-ring (bicyclic) bond motifs is 4. The van der Waals surface area contributed by atoms with E-state index in [1.165, 1.54) is 4.90 Å². The molecule has 6 nitrogen and oxygen atoms in total. The second-order valence-electron chi connectivity index (χ2n) is 8.21. The molecule has 3 amide bonds. The van der Waals surface area contributed by atoms with Crippen LogP contribution < -0.4 is 15.5 Å². The summed E-state index contributed by atoms with van der Waals surface area (Å²) >= 11 is 3.38. The number of halogens is 1. The molecule has 0 aromatic heterocycles. The highest BCUT2D eigenvalue weighted by Gasteiger charge is 2.70. The Bertz CT molecular complexity index is 1050. The number of nitrogens with one attached hydrogen (secondary N) is 2. The fourth-order valence-electron chi connectivity index (χ4n) is 5.11. The molecule has 3 heterocycles. The molecule has 2 aromatic rings. The van der Waals surface area contributed by atoms with Crippen LogP contribution in [-0.2, 0) is 19.9 Å². The summed E-state index contributed by atoms with van der Waals surface area (Å²) in [6.45, 7) is 4.01. The molecule has 4 atom stereocenters. The number of hydrogen-bond donors (Lipinski definition) is 2. The molecule has 2 aromatic carbocycles. The number of carbonyl (C=O) groups is 3. The number of rotatable bonds is 2. The van der Waals surface area contributed by atoms with E-state index in [0.717, 1.165) is 10.0 Å². The molecule has 1 spiro atoms. The standard InChI is InChI=1S/C22H20BrN3O3/c1-11(2)18-16-17(20(28)26(19(16)27)13-9-7-12(23)8-10-13)22(25-18)14-5-3-4-6-15(14)24-21(22)29/h3-11,16-18,25H,1-2H3,(H,24,29)/t16-,17-,18+,22+/m1/s1. The van der Waals surface area contributed by atoms with Crippen LogP contribution >= 0.6 is 15.9 Å². The zero-order chi connectivity index (χ0) is 20.5. The molecule has 29 heavy (non-hydrogen) atoms. The number of nitrogens with zero attached hydrogens (tertiary/aromatic N) is 1. The van der Waals surface area contributed by atoms with Crippen LogP contribution in [0.15, 0.2) is 53.0 Å². The van der Waals surface area contributed by atoms with Crippen molar-refractivity contribution in [2.24, 2.45) is 17.8 Å². The normalized spacial score (nSPS) is 30.3. The predicted molar refractivity (Wildman–Crippen MR) is 112 cm³/mol. The van der Waals surface area contributed by atoms with Crippen LogP contribution in [0.2, 0.25) is 0 Å². The quantitative estimate of drug-likeness (QED) is 0.684. The highest BCUT2D eigenvalue weighted by molar-refractivity contribution is 9.10. The summed E-state index contributed by atoms with van der Waals surface area (Å²) < 4.78 is 0.864. The fourth-order valence-corrected chi connectivity index (χ4v) is 5.37. The van der Waals surface area contributed by atoms with E-state index in [4.69, 9.17) is 0 Å². The van der Waals surface area contributed by atoms with Crippen molar-refractivity contribution in [3.8, 4) is 0 Å². The van der Waals surface area contributed by atoms with E-state index in [-0.39, 0.29) is 29.7 Å². The van der Waals surface area contributed by atoms with Crippen molar-refractivity contribution in [2.75, 3.05) is 10.2 Å². The van der Waals surface area contributed by atoms with Gasteiger partial charge in [-0.15, -0.1) is 0 Å². The van der Waals surface area contributed by atoms with E-state index >= 15 is 0 Å². The second-order valence-corrected chi connectivity index (χ2v) is 9.13. The smallest absolute Gasteiger partial charge is 0.250 e. The van der Waals surface area contributed by atoms with Gasteiger partial charge in [0.05, 0.1) is 17.5 Å². The fraction of sp³-hybridized carbons (Fsp3) is 0.318. The first-order valence-corrected chi connectivity index (χ1v) is 10.5. The first-order valence-electron chi connectivity index (χ1n) is 9.68. The number of amides is 3. The lowest BCUT2D eigenvalue weighted by Crippen LogP contribution is -2.54. The van der Waals surface area contributed by atoms with E-state index in [1.54, 1.807) is 24.3 Å². The summed E-state index contributed by atoms with van der Waals surface area (Å²) in [5, 5.41) is 6.34. The first-order chi connectivity index (χ1) is 13.9. The number of hydrogen-bond acceptors (Lipinski definition) is 4.